The van der Waals surface area contributed by atoms with Crippen LogP contribution in [-0.2, 0) is 0 Å². The molecule has 2 aromatic rings. The third-order valence-corrected chi connectivity index (χ3v) is 2.18. The van der Waals surface area contributed by atoms with Gasteiger partial charge in [-0.05, 0) is 26.0 Å². The highest BCUT2D eigenvalue weighted by Crippen LogP contribution is 2.13. The SMILES string of the molecule is Cc1cc(C)cc(C(=O)c2cnoc2)c1. The molecule has 0 spiro atoms. The van der Waals surface area contributed by atoms with Crippen molar-refractivity contribution in [3.05, 3.63) is 52.9 Å². The van der Waals surface area contributed by atoms with E-state index in [0.29, 0.717) is 11.1 Å². The molecule has 0 aliphatic carbocycles. The van der Waals surface area contributed by atoms with Crippen LogP contribution >= 0.6 is 0 Å². The predicted molar refractivity (Wildman–Crippen MR) is 55.9 cm³/mol. The Morgan fingerprint density at radius 3 is 2.33 bits per heavy atom. The third kappa shape index (κ3) is 1.96. The molecule has 0 aliphatic heterocycles. The molecule has 0 atom stereocenters. The molecule has 76 valence electrons. The van der Waals surface area contributed by atoms with E-state index in [1.807, 2.05) is 32.0 Å². The van der Waals surface area contributed by atoms with Gasteiger partial charge in [-0.15, -0.1) is 0 Å². The molecule has 2 rings (SSSR count). The molecule has 1 aromatic heterocycles. The third-order valence-electron chi connectivity index (χ3n) is 2.18. The van der Waals surface area contributed by atoms with E-state index in [2.05, 4.69) is 9.68 Å². The van der Waals surface area contributed by atoms with E-state index in [4.69, 9.17) is 0 Å². The maximum Gasteiger partial charge on any atom is 0.197 e. The van der Waals surface area contributed by atoms with Gasteiger partial charge in [-0.25, -0.2) is 0 Å². The van der Waals surface area contributed by atoms with Gasteiger partial charge in [0.05, 0.1) is 11.8 Å². The minimum atomic E-state index is -0.0527. The van der Waals surface area contributed by atoms with Crippen molar-refractivity contribution in [3.8, 4) is 0 Å². The first-order valence-corrected chi connectivity index (χ1v) is 4.69. The standard InChI is InChI=1S/C12H11NO2/c1-8-3-9(2)5-10(4-8)12(14)11-6-13-15-7-11/h3-7H,1-2H3. The Morgan fingerprint density at radius 2 is 1.80 bits per heavy atom. The number of benzene rings is 1. The molecule has 3 heteroatoms. The minimum Gasteiger partial charge on any atom is -0.364 e. The lowest BCUT2D eigenvalue weighted by Crippen LogP contribution is -2.00. The summed E-state index contributed by atoms with van der Waals surface area (Å²) in [6.45, 7) is 3.94. The predicted octanol–water partition coefficient (Wildman–Crippen LogP) is 2.52. The van der Waals surface area contributed by atoms with Crippen molar-refractivity contribution < 1.29 is 9.32 Å². The van der Waals surface area contributed by atoms with E-state index in [1.165, 1.54) is 12.5 Å². The van der Waals surface area contributed by atoms with Crippen molar-refractivity contribution in [1.82, 2.24) is 5.16 Å². The van der Waals surface area contributed by atoms with E-state index in [1.54, 1.807) is 0 Å². The van der Waals surface area contributed by atoms with Crippen molar-refractivity contribution in [2.24, 2.45) is 0 Å². The van der Waals surface area contributed by atoms with E-state index in [-0.39, 0.29) is 5.78 Å². The van der Waals surface area contributed by atoms with Crippen LogP contribution in [0.15, 0.2) is 35.2 Å². The molecule has 0 aliphatic rings. The van der Waals surface area contributed by atoms with Gasteiger partial charge in [0.2, 0.25) is 0 Å². The number of carbonyl (C=O) groups excluding carboxylic acids is 1. The summed E-state index contributed by atoms with van der Waals surface area (Å²) in [4.78, 5) is 11.9. The van der Waals surface area contributed by atoms with Gasteiger partial charge in [0.15, 0.2) is 5.78 Å². The summed E-state index contributed by atoms with van der Waals surface area (Å²) in [5.74, 6) is -0.0527. The number of aromatic nitrogens is 1. The Morgan fingerprint density at radius 1 is 1.13 bits per heavy atom. The summed E-state index contributed by atoms with van der Waals surface area (Å²) in [6.07, 6.45) is 2.79. The molecule has 0 bridgehead atoms. The van der Waals surface area contributed by atoms with Gasteiger partial charge in [0.25, 0.3) is 0 Å². The number of hydrogen-bond donors (Lipinski definition) is 0. The second-order valence-corrected chi connectivity index (χ2v) is 3.62. The van der Waals surface area contributed by atoms with Crippen molar-refractivity contribution in [2.75, 3.05) is 0 Å². The fraction of sp³-hybridized carbons (Fsp3) is 0.167. The maximum absolute atomic E-state index is 11.9. The second kappa shape index (κ2) is 3.69. The topological polar surface area (TPSA) is 43.1 Å². The average Bonchev–Trinajstić information content (AvgIpc) is 2.67. The Bertz CT molecular complexity index is 466. The van der Waals surface area contributed by atoms with Crippen LogP contribution in [0.3, 0.4) is 0 Å². The zero-order valence-corrected chi connectivity index (χ0v) is 8.65. The van der Waals surface area contributed by atoms with Gasteiger partial charge in [0, 0.05) is 5.56 Å². The van der Waals surface area contributed by atoms with Crippen LogP contribution < -0.4 is 0 Å². The lowest BCUT2D eigenvalue weighted by Gasteiger charge is -2.01. The molecule has 3 nitrogen and oxygen atoms in total. The van der Waals surface area contributed by atoms with Gasteiger partial charge in [-0.3, -0.25) is 4.79 Å². The average molecular weight is 201 g/mol. The first-order valence-electron chi connectivity index (χ1n) is 4.69. The Labute approximate surface area is 87.7 Å². The first kappa shape index (κ1) is 9.65. The van der Waals surface area contributed by atoms with E-state index >= 15 is 0 Å². The van der Waals surface area contributed by atoms with E-state index in [0.717, 1.165) is 11.1 Å². The zero-order chi connectivity index (χ0) is 10.8. The number of rotatable bonds is 2. The van der Waals surface area contributed by atoms with Crippen molar-refractivity contribution in [3.63, 3.8) is 0 Å². The molecular weight excluding hydrogens is 190 g/mol. The van der Waals surface area contributed by atoms with Crippen LogP contribution in [0.4, 0.5) is 0 Å². The van der Waals surface area contributed by atoms with Crippen LogP contribution in [-0.4, -0.2) is 10.9 Å². The summed E-state index contributed by atoms with van der Waals surface area (Å²) < 4.78 is 4.65. The van der Waals surface area contributed by atoms with Gasteiger partial charge in [-0.2, -0.15) is 0 Å². The molecule has 0 N–H and O–H groups in total. The summed E-state index contributed by atoms with van der Waals surface area (Å²) in [5, 5.41) is 3.52. The van der Waals surface area contributed by atoms with Crippen molar-refractivity contribution in [1.29, 1.82) is 0 Å². The Kier molecular flexibility index (Phi) is 2.37. The zero-order valence-electron chi connectivity index (χ0n) is 8.65. The first-order chi connectivity index (χ1) is 7.16. The van der Waals surface area contributed by atoms with Crippen LogP contribution in [0.25, 0.3) is 0 Å². The molecule has 0 unspecified atom stereocenters. The summed E-state index contributed by atoms with van der Waals surface area (Å²) >= 11 is 0. The highest BCUT2D eigenvalue weighted by Gasteiger charge is 2.11. The van der Waals surface area contributed by atoms with Gasteiger partial charge >= 0.3 is 0 Å². The fourth-order valence-electron chi connectivity index (χ4n) is 1.59. The smallest absolute Gasteiger partial charge is 0.197 e. The van der Waals surface area contributed by atoms with Crippen molar-refractivity contribution in [2.45, 2.75) is 13.8 Å². The summed E-state index contributed by atoms with van der Waals surface area (Å²) in [6, 6.07) is 5.76. The van der Waals surface area contributed by atoms with E-state index in [9.17, 15) is 4.79 Å². The summed E-state index contributed by atoms with van der Waals surface area (Å²) in [7, 11) is 0. The Hall–Kier alpha value is -1.90. The molecule has 0 radical (unpaired) electrons. The van der Waals surface area contributed by atoms with Crippen molar-refractivity contribution >= 4 is 5.78 Å². The number of nitrogens with zero attached hydrogens (tertiary/aromatic N) is 1. The summed E-state index contributed by atoms with van der Waals surface area (Å²) in [5.41, 5.74) is 3.32. The van der Waals surface area contributed by atoms with E-state index < -0.39 is 0 Å². The molecule has 15 heavy (non-hydrogen) atoms. The lowest BCUT2D eigenvalue weighted by molar-refractivity contribution is 0.103. The van der Waals surface area contributed by atoms with Crippen LogP contribution in [0, 0.1) is 13.8 Å². The maximum atomic E-state index is 11.9. The minimum absolute atomic E-state index is 0.0527. The molecule has 0 saturated heterocycles. The highest BCUT2D eigenvalue weighted by molar-refractivity contribution is 6.08. The molecule has 1 aromatic carbocycles. The second-order valence-electron chi connectivity index (χ2n) is 3.62. The van der Waals surface area contributed by atoms with Gasteiger partial charge < -0.3 is 4.52 Å². The van der Waals surface area contributed by atoms with Crippen LogP contribution in [0.2, 0.25) is 0 Å². The fourth-order valence-corrected chi connectivity index (χ4v) is 1.59. The largest absolute Gasteiger partial charge is 0.364 e. The molecule has 0 amide bonds. The highest BCUT2D eigenvalue weighted by atomic mass is 16.5. The lowest BCUT2D eigenvalue weighted by atomic mass is 10.0. The molecular formula is C12H11NO2. The number of hydrogen-bond acceptors (Lipinski definition) is 3. The number of ketones is 1. The number of carbonyl (C=O) groups is 1. The van der Waals surface area contributed by atoms with Crippen LogP contribution in [0.1, 0.15) is 27.0 Å². The quantitative estimate of drug-likeness (QED) is 0.701. The van der Waals surface area contributed by atoms with Crippen LogP contribution in [0.5, 0.6) is 0 Å². The molecule has 0 fully saturated rings. The molecule has 1 heterocycles. The Balaban J connectivity index is 2.42. The normalized spacial score (nSPS) is 10.3. The monoisotopic (exact) mass is 201 g/mol. The van der Waals surface area contributed by atoms with Gasteiger partial charge in [0.1, 0.15) is 6.26 Å². The number of aryl methyl sites for hydroxylation is 2. The van der Waals surface area contributed by atoms with Gasteiger partial charge in [-0.1, -0.05) is 22.3 Å². The molecule has 0 saturated carbocycles.